The van der Waals surface area contributed by atoms with E-state index in [1.165, 1.54) is 25.7 Å². The van der Waals surface area contributed by atoms with E-state index >= 15 is 0 Å². The molecule has 0 aliphatic rings. The van der Waals surface area contributed by atoms with E-state index in [0.29, 0.717) is 0 Å². The van der Waals surface area contributed by atoms with Gasteiger partial charge in [0, 0.05) is 0 Å². The number of hydrogen-bond acceptors (Lipinski definition) is 0. The third kappa shape index (κ3) is 13.1. The molecule has 0 aliphatic carbocycles. The van der Waals surface area contributed by atoms with E-state index in [1.807, 2.05) is 17.0 Å². The van der Waals surface area contributed by atoms with Crippen LogP contribution in [0.3, 0.4) is 0 Å². The van der Waals surface area contributed by atoms with Gasteiger partial charge in [0.2, 0.25) is 6.33 Å². The molecule has 0 radical (unpaired) electrons. The summed E-state index contributed by atoms with van der Waals surface area (Å²) in [7, 11) is 17.2. The molecule has 18 heavy (non-hydrogen) atoms. The maximum atomic E-state index is 4.95. The van der Waals surface area contributed by atoms with E-state index in [2.05, 4.69) is 30.6 Å². The topological polar surface area (TPSA) is 8.81 Å². The van der Waals surface area contributed by atoms with Crippen molar-refractivity contribution in [2.75, 3.05) is 0 Å². The third-order valence-electron chi connectivity index (χ3n) is 2.19. The first-order valence-corrected chi connectivity index (χ1v) is 11.7. The fourth-order valence-corrected chi connectivity index (χ4v) is 1.37. The number of nitrogens with zero attached hydrogens (tertiary/aromatic N) is 2. The molecule has 0 unspecified atom stereocenters. The van der Waals surface area contributed by atoms with Crippen molar-refractivity contribution in [3.8, 4) is 0 Å². The minimum atomic E-state index is -2.61. The molecule has 109 valence electrons. The van der Waals surface area contributed by atoms with Crippen LogP contribution in [0.4, 0.5) is 0 Å². The van der Waals surface area contributed by atoms with Crippen LogP contribution >= 0.6 is 40.4 Å². The van der Waals surface area contributed by atoms with Gasteiger partial charge in [0.15, 0.2) is 0 Å². The zero-order valence-electron chi connectivity index (χ0n) is 10.3. The Morgan fingerprint density at radius 2 is 1.83 bits per heavy atom. The number of hydrogen-bond donors (Lipinski definition) is 0. The third-order valence-corrected chi connectivity index (χ3v) is 2.19. The van der Waals surface area contributed by atoms with E-state index in [9.17, 15) is 0 Å². The summed E-state index contributed by atoms with van der Waals surface area (Å²) in [6, 6.07) is 0. The molecule has 1 heterocycles. The average Bonchev–Trinajstić information content (AvgIpc) is 2.70. The van der Waals surface area contributed by atoms with Crippen molar-refractivity contribution < 1.29 is 13.8 Å². The van der Waals surface area contributed by atoms with Crippen LogP contribution in [-0.2, 0) is 15.7 Å². The van der Waals surface area contributed by atoms with Gasteiger partial charge in [-0.25, -0.2) is 9.13 Å². The van der Waals surface area contributed by atoms with Crippen molar-refractivity contribution in [1.29, 1.82) is 0 Å². The molecule has 2 nitrogen and oxygen atoms in total. The van der Waals surface area contributed by atoms with Crippen LogP contribution in [0.2, 0.25) is 0 Å². The molecule has 0 amide bonds. The summed E-state index contributed by atoms with van der Waals surface area (Å²) in [6.45, 7) is 7.07. The van der Waals surface area contributed by atoms with E-state index in [1.54, 1.807) is 0 Å². The first-order chi connectivity index (χ1) is 8.36. The van der Waals surface area contributed by atoms with Crippen LogP contribution in [0.1, 0.15) is 32.6 Å². The predicted octanol–water partition coefficient (Wildman–Crippen LogP) is 5.21. The van der Waals surface area contributed by atoms with Gasteiger partial charge in [0.05, 0.1) is 12.7 Å². The van der Waals surface area contributed by atoms with E-state index < -0.39 is 9.20 Å². The Hall–Kier alpha value is 0.629. The first kappa shape index (κ1) is 18.6. The van der Waals surface area contributed by atoms with Crippen molar-refractivity contribution in [2.45, 2.75) is 39.2 Å². The second kappa shape index (κ2) is 10.4. The molecule has 0 atom stereocenters. The molecule has 1 aromatic heterocycles. The van der Waals surface area contributed by atoms with Crippen LogP contribution in [0.15, 0.2) is 25.3 Å². The van der Waals surface area contributed by atoms with Crippen molar-refractivity contribution in [1.82, 2.24) is 4.57 Å². The fraction of sp³-hybridized carbons (Fsp3) is 0.545. The normalized spacial score (nSPS) is 11.6. The second-order valence-corrected chi connectivity index (χ2v) is 14.6. The van der Waals surface area contributed by atoms with Crippen molar-refractivity contribution >= 4 is 46.6 Å². The first-order valence-electron chi connectivity index (χ1n) is 5.59. The van der Waals surface area contributed by atoms with Crippen LogP contribution in [0.5, 0.6) is 0 Å². The quantitative estimate of drug-likeness (QED) is 0.366. The van der Waals surface area contributed by atoms with Gasteiger partial charge in [0.25, 0.3) is 0 Å². The predicted molar refractivity (Wildman–Crippen MR) is 78.6 cm³/mol. The Kier molecular flexibility index (Phi) is 10.8. The molecule has 0 spiro atoms. The van der Waals surface area contributed by atoms with Crippen LogP contribution in [0, 0.1) is 0 Å². The van der Waals surface area contributed by atoms with Gasteiger partial charge < -0.3 is 0 Å². The maximum absolute atomic E-state index is 4.95. The number of imidazole rings is 1. The van der Waals surface area contributed by atoms with Gasteiger partial charge in [-0.2, -0.15) is 0 Å². The molecule has 0 fully saturated rings. The zero-order valence-corrected chi connectivity index (χ0v) is 14.4. The fourth-order valence-electron chi connectivity index (χ4n) is 1.37. The average molecular weight is 377 g/mol. The summed E-state index contributed by atoms with van der Waals surface area (Å²) in [4.78, 5) is 0. The molecule has 0 bridgehead atoms. The minimum absolute atomic E-state index is 1.13. The summed E-state index contributed by atoms with van der Waals surface area (Å²) >= 11 is 0. The Labute approximate surface area is 129 Å². The Balaban J connectivity index is 0.000000494. The molecular formula is C11H19Cl4FeN2. The number of unbranched alkanes of at least 4 members (excludes halogenated alkanes) is 3. The van der Waals surface area contributed by atoms with Crippen molar-refractivity contribution in [2.24, 2.45) is 0 Å². The molecule has 7 heteroatoms. The summed E-state index contributed by atoms with van der Waals surface area (Å²) in [5.74, 6) is 0. The molecule has 1 rings (SSSR count). The molecule has 0 N–H and O–H groups in total. The Morgan fingerprint density at radius 3 is 2.28 bits per heavy atom. The molecule has 0 saturated carbocycles. The number of halogens is 4. The zero-order chi connectivity index (χ0) is 14.0. The summed E-state index contributed by atoms with van der Waals surface area (Å²) in [5.41, 5.74) is 0. The Morgan fingerprint density at radius 1 is 1.22 bits per heavy atom. The summed E-state index contributed by atoms with van der Waals surface area (Å²) < 4.78 is 4.18. The molecular weight excluding hydrogens is 358 g/mol. The summed E-state index contributed by atoms with van der Waals surface area (Å²) in [5, 5.41) is 0. The van der Waals surface area contributed by atoms with Gasteiger partial charge in [-0.3, -0.25) is 0 Å². The SMILES string of the molecule is C=Cn1cc[n+](CCCCCC)c1.[Cl][Fe-]([Cl])([Cl])[Cl]. The number of aryl methyl sites for hydroxylation is 1. The van der Waals surface area contributed by atoms with Crippen molar-refractivity contribution in [3.63, 3.8) is 0 Å². The van der Waals surface area contributed by atoms with Crippen LogP contribution in [-0.4, -0.2) is 4.57 Å². The van der Waals surface area contributed by atoms with Crippen LogP contribution < -0.4 is 4.57 Å². The molecule has 0 aliphatic heterocycles. The number of rotatable bonds is 6. The van der Waals surface area contributed by atoms with Gasteiger partial charge in [0.1, 0.15) is 12.4 Å². The van der Waals surface area contributed by atoms with Gasteiger partial charge in [-0.05, 0) is 12.8 Å². The van der Waals surface area contributed by atoms with E-state index in [0.717, 1.165) is 6.54 Å². The standard InChI is InChI=1S/C11H19N2.4ClH.Fe/c1-3-5-6-7-8-13-10-9-12(4-2)11-13;;;;;/h4,9-11H,2-3,5-8H2,1H3;4*1H;/q+1;;;;;+3/p-4. The van der Waals surface area contributed by atoms with Crippen LogP contribution in [0.25, 0.3) is 6.20 Å². The molecule has 0 aromatic carbocycles. The number of aromatic nitrogens is 2. The second-order valence-electron chi connectivity index (χ2n) is 3.64. The van der Waals surface area contributed by atoms with E-state index in [-0.39, 0.29) is 0 Å². The van der Waals surface area contributed by atoms with E-state index in [4.69, 9.17) is 40.4 Å². The Bertz CT molecular complexity index is 330. The molecule has 0 saturated heterocycles. The van der Waals surface area contributed by atoms with Crippen molar-refractivity contribution in [3.05, 3.63) is 25.3 Å². The summed E-state index contributed by atoms with van der Waals surface area (Å²) in [6.07, 6.45) is 13.3. The molecule has 1 aromatic rings. The monoisotopic (exact) mass is 375 g/mol. The van der Waals surface area contributed by atoms with Gasteiger partial charge in [-0.15, -0.1) is 0 Å². The van der Waals surface area contributed by atoms with Gasteiger partial charge >= 0.3 is 49.6 Å². The van der Waals surface area contributed by atoms with Gasteiger partial charge in [-0.1, -0.05) is 26.3 Å².